The average Bonchev–Trinajstić information content (AvgIpc) is 2.40. The highest BCUT2D eigenvalue weighted by molar-refractivity contribution is 5.79. The van der Waals surface area contributed by atoms with E-state index in [1.165, 1.54) is 17.5 Å². The summed E-state index contributed by atoms with van der Waals surface area (Å²) in [6, 6.07) is 8.81. The van der Waals surface area contributed by atoms with Gasteiger partial charge in [0.25, 0.3) is 0 Å². The second-order valence-corrected chi connectivity index (χ2v) is 5.23. The third kappa shape index (κ3) is 3.83. The standard InChI is InChI=1S/C17H22O/c1-2-3-14-4-6-15(7-5-14)8-9-16-10-12-17(18)13-11-16/h4-9,16H,2-3,10-13H2,1H3. The van der Waals surface area contributed by atoms with Gasteiger partial charge < -0.3 is 0 Å². The normalized spacial score (nSPS) is 17.5. The Bertz CT molecular complexity index is 404. The van der Waals surface area contributed by atoms with Crippen molar-refractivity contribution in [1.29, 1.82) is 0 Å². The van der Waals surface area contributed by atoms with Crippen LogP contribution in [0.4, 0.5) is 0 Å². The molecule has 0 heterocycles. The van der Waals surface area contributed by atoms with Gasteiger partial charge in [0.2, 0.25) is 0 Å². The van der Waals surface area contributed by atoms with Crippen LogP contribution in [-0.2, 0) is 11.2 Å². The van der Waals surface area contributed by atoms with Crippen molar-refractivity contribution in [2.75, 3.05) is 0 Å². The summed E-state index contributed by atoms with van der Waals surface area (Å²) in [5.74, 6) is 1.03. The first-order valence-electron chi connectivity index (χ1n) is 7.07. The van der Waals surface area contributed by atoms with E-state index < -0.39 is 0 Å². The van der Waals surface area contributed by atoms with E-state index in [-0.39, 0.29) is 0 Å². The van der Waals surface area contributed by atoms with Crippen molar-refractivity contribution in [3.05, 3.63) is 41.5 Å². The monoisotopic (exact) mass is 242 g/mol. The van der Waals surface area contributed by atoms with Gasteiger partial charge in [-0.05, 0) is 36.3 Å². The van der Waals surface area contributed by atoms with Crippen LogP contribution >= 0.6 is 0 Å². The number of hydrogen-bond donors (Lipinski definition) is 0. The molecule has 0 amide bonds. The molecule has 1 saturated carbocycles. The van der Waals surface area contributed by atoms with Crippen LogP contribution in [0.5, 0.6) is 0 Å². The molecule has 1 nitrogen and oxygen atoms in total. The Hall–Kier alpha value is -1.37. The molecule has 0 unspecified atom stereocenters. The molecule has 96 valence electrons. The van der Waals surface area contributed by atoms with Gasteiger partial charge in [-0.25, -0.2) is 0 Å². The Morgan fingerprint density at radius 3 is 2.44 bits per heavy atom. The van der Waals surface area contributed by atoms with E-state index in [4.69, 9.17) is 0 Å². The lowest BCUT2D eigenvalue weighted by atomic mass is 9.88. The Balaban J connectivity index is 1.90. The summed E-state index contributed by atoms with van der Waals surface area (Å²) in [6.07, 6.45) is 10.4. The predicted molar refractivity (Wildman–Crippen MR) is 76.4 cm³/mol. The molecule has 0 N–H and O–H groups in total. The predicted octanol–water partition coefficient (Wildman–Crippen LogP) is 4.41. The van der Waals surface area contributed by atoms with Crippen molar-refractivity contribution in [2.24, 2.45) is 5.92 Å². The Morgan fingerprint density at radius 1 is 1.17 bits per heavy atom. The molecule has 0 radical (unpaired) electrons. The largest absolute Gasteiger partial charge is 0.300 e. The fourth-order valence-corrected chi connectivity index (χ4v) is 2.49. The smallest absolute Gasteiger partial charge is 0.132 e. The molecule has 18 heavy (non-hydrogen) atoms. The zero-order valence-electron chi connectivity index (χ0n) is 11.2. The molecule has 1 aromatic carbocycles. The van der Waals surface area contributed by atoms with Crippen molar-refractivity contribution in [3.63, 3.8) is 0 Å². The number of Topliss-reactive ketones (excluding diaryl/α,β-unsaturated/α-hetero) is 1. The molecule has 0 aromatic heterocycles. The van der Waals surface area contributed by atoms with Crippen LogP contribution in [0.2, 0.25) is 0 Å². The van der Waals surface area contributed by atoms with E-state index in [9.17, 15) is 4.79 Å². The highest BCUT2D eigenvalue weighted by Crippen LogP contribution is 2.23. The Morgan fingerprint density at radius 2 is 1.83 bits per heavy atom. The van der Waals surface area contributed by atoms with Crippen molar-refractivity contribution in [1.82, 2.24) is 0 Å². The topological polar surface area (TPSA) is 17.1 Å². The Labute approximate surface area is 110 Å². The molecule has 0 atom stereocenters. The quantitative estimate of drug-likeness (QED) is 0.764. The molecule has 1 fully saturated rings. The molecule has 0 bridgehead atoms. The van der Waals surface area contributed by atoms with Gasteiger partial charge in [0.1, 0.15) is 5.78 Å². The van der Waals surface area contributed by atoms with Crippen LogP contribution in [0, 0.1) is 5.92 Å². The number of benzene rings is 1. The fourth-order valence-electron chi connectivity index (χ4n) is 2.49. The zero-order chi connectivity index (χ0) is 12.8. The van der Waals surface area contributed by atoms with Gasteiger partial charge in [-0.15, -0.1) is 0 Å². The number of aryl methyl sites for hydroxylation is 1. The SMILES string of the molecule is CCCc1ccc(C=CC2CCC(=O)CC2)cc1. The van der Waals surface area contributed by atoms with Crippen molar-refractivity contribution in [3.8, 4) is 0 Å². The van der Waals surface area contributed by atoms with Crippen molar-refractivity contribution < 1.29 is 4.79 Å². The van der Waals surface area contributed by atoms with Gasteiger partial charge in [-0.3, -0.25) is 4.79 Å². The number of hydrogen-bond acceptors (Lipinski definition) is 1. The maximum absolute atomic E-state index is 11.2. The zero-order valence-corrected chi connectivity index (χ0v) is 11.2. The van der Waals surface area contributed by atoms with Crippen LogP contribution in [0.3, 0.4) is 0 Å². The molecule has 0 aliphatic heterocycles. The lowest BCUT2D eigenvalue weighted by Gasteiger charge is -2.16. The van der Waals surface area contributed by atoms with Gasteiger partial charge in [0.05, 0.1) is 0 Å². The summed E-state index contributed by atoms with van der Waals surface area (Å²) in [5, 5.41) is 0. The number of allylic oxidation sites excluding steroid dienone is 1. The number of ketones is 1. The van der Waals surface area contributed by atoms with Gasteiger partial charge in [0, 0.05) is 12.8 Å². The highest BCUT2D eigenvalue weighted by atomic mass is 16.1. The third-order valence-electron chi connectivity index (χ3n) is 3.67. The number of carbonyl (C=O) groups excluding carboxylic acids is 1. The maximum atomic E-state index is 11.2. The van der Waals surface area contributed by atoms with Crippen molar-refractivity contribution >= 4 is 11.9 Å². The maximum Gasteiger partial charge on any atom is 0.132 e. The molecule has 2 rings (SSSR count). The summed E-state index contributed by atoms with van der Waals surface area (Å²) in [7, 11) is 0. The first kappa shape index (κ1) is 13.1. The molecular weight excluding hydrogens is 220 g/mol. The van der Waals surface area contributed by atoms with E-state index in [0.717, 1.165) is 32.1 Å². The van der Waals surface area contributed by atoms with Crippen LogP contribution in [0.15, 0.2) is 30.3 Å². The van der Waals surface area contributed by atoms with Crippen LogP contribution in [0.25, 0.3) is 6.08 Å². The summed E-state index contributed by atoms with van der Waals surface area (Å²) >= 11 is 0. The minimum Gasteiger partial charge on any atom is -0.300 e. The first-order valence-corrected chi connectivity index (χ1v) is 7.07. The molecule has 0 saturated heterocycles. The summed E-state index contributed by atoms with van der Waals surface area (Å²) in [5.41, 5.74) is 2.68. The molecule has 1 aliphatic carbocycles. The van der Waals surface area contributed by atoms with Gasteiger partial charge in [-0.1, -0.05) is 49.8 Å². The summed E-state index contributed by atoms with van der Waals surface area (Å²) in [4.78, 5) is 11.2. The molecular formula is C17H22O. The van der Waals surface area contributed by atoms with E-state index in [1.807, 2.05) is 0 Å². The van der Waals surface area contributed by atoms with E-state index in [1.54, 1.807) is 0 Å². The fraction of sp³-hybridized carbons (Fsp3) is 0.471. The molecule has 1 heteroatoms. The highest BCUT2D eigenvalue weighted by Gasteiger charge is 2.15. The van der Waals surface area contributed by atoms with E-state index in [0.29, 0.717) is 11.7 Å². The third-order valence-corrected chi connectivity index (χ3v) is 3.67. The second-order valence-electron chi connectivity index (χ2n) is 5.23. The lowest BCUT2D eigenvalue weighted by molar-refractivity contribution is -0.120. The molecule has 1 aliphatic rings. The summed E-state index contributed by atoms with van der Waals surface area (Å²) < 4.78 is 0. The van der Waals surface area contributed by atoms with Gasteiger partial charge in [-0.2, -0.15) is 0 Å². The average molecular weight is 242 g/mol. The van der Waals surface area contributed by atoms with Crippen molar-refractivity contribution in [2.45, 2.75) is 45.4 Å². The van der Waals surface area contributed by atoms with Crippen LogP contribution < -0.4 is 0 Å². The van der Waals surface area contributed by atoms with Crippen LogP contribution in [-0.4, -0.2) is 5.78 Å². The van der Waals surface area contributed by atoms with Crippen LogP contribution in [0.1, 0.15) is 50.2 Å². The number of carbonyl (C=O) groups is 1. The molecule has 1 aromatic rings. The minimum atomic E-state index is 0.434. The minimum absolute atomic E-state index is 0.434. The molecule has 0 spiro atoms. The summed E-state index contributed by atoms with van der Waals surface area (Å²) in [6.45, 7) is 2.21. The number of rotatable bonds is 4. The van der Waals surface area contributed by atoms with E-state index >= 15 is 0 Å². The van der Waals surface area contributed by atoms with Gasteiger partial charge in [0.15, 0.2) is 0 Å². The second kappa shape index (κ2) is 6.53. The van der Waals surface area contributed by atoms with E-state index in [2.05, 4.69) is 43.3 Å². The lowest BCUT2D eigenvalue weighted by Crippen LogP contribution is -2.11. The Kier molecular flexibility index (Phi) is 4.74. The van der Waals surface area contributed by atoms with Gasteiger partial charge >= 0.3 is 0 Å². The first-order chi connectivity index (χ1) is 8.78.